The molecule has 0 spiro atoms. The largest absolute Gasteiger partial charge is 0.337 e. The molecule has 2 aromatic rings. The molecule has 1 aliphatic rings. The zero-order chi connectivity index (χ0) is 16.4. The summed E-state index contributed by atoms with van der Waals surface area (Å²) in [7, 11) is 0. The summed E-state index contributed by atoms with van der Waals surface area (Å²) in [5.41, 5.74) is 1.81. The number of thiazole rings is 1. The van der Waals surface area contributed by atoms with Crippen molar-refractivity contribution in [2.75, 3.05) is 11.9 Å². The van der Waals surface area contributed by atoms with Crippen molar-refractivity contribution in [1.29, 1.82) is 0 Å². The number of nitrogens with zero attached hydrogens (tertiary/aromatic N) is 2. The molecule has 23 heavy (non-hydrogen) atoms. The number of halogens is 1. The Morgan fingerprint density at radius 3 is 2.91 bits per heavy atom. The van der Waals surface area contributed by atoms with Crippen LogP contribution in [0, 0.1) is 0 Å². The number of hydrogen-bond donors (Lipinski definition) is 1. The summed E-state index contributed by atoms with van der Waals surface area (Å²) < 4.78 is 0. The maximum absolute atomic E-state index is 12.5. The van der Waals surface area contributed by atoms with Crippen molar-refractivity contribution in [3.05, 3.63) is 45.4 Å². The van der Waals surface area contributed by atoms with Gasteiger partial charge in [-0.05, 0) is 11.6 Å². The van der Waals surface area contributed by atoms with Gasteiger partial charge in [-0.3, -0.25) is 9.59 Å². The van der Waals surface area contributed by atoms with Gasteiger partial charge in [-0.15, -0.1) is 0 Å². The third-order valence-electron chi connectivity index (χ3n) is 3.67. The van der Waals surface area contributed by atoms with Crippen LogP contribution >= 0.6 is 22.9 Å². The minimum absolute atomic E-state index is 0.0539. The molecule has 5 nitrogen and oxygen atoms in total. The number of anilines is 1. The second-order valence-electron chi connectivity index (χ2n) is 5.40. The lowest BCUT2D eigenvalue weighted by molar-refractivity contribution is -0.131. The van der Waals surface area contributed by atoms with E-state index in [1.165, 1.54) is 18.3 Å². The molecule has 2 amide bonds. The van der Waals surface area contributed by atoms with Crippen molar-refractivity contribution in [2.24, 2.45) is 0 Å². The molecule has 0 atom stereocenters. The Kier molecular flexibility index (Phi) is 4.63. The Morgan fingerprint density at radius 2 is 2.17 bits per heavy atom. The van der Waals surface area contributed by atoms with E-state index in [-0.39, 0.29) is 11.8 Å². The van der Waals surface area contributed by atoms with Gasteiger partial charge in [-0.1, -0.05) is 41.1 Å². The standard InChI is InChI=1S/C16H16ClN3O2S/c1-10(21)18-16-19-13-6-7-20(9-14(13)23-16)15(22)8-11-4-2-3-5-12(11)17/h2-5H,6-9H2,1H3,(H,18,19,21). The zero-order valence-electron chi connectivity index (χ0n) is 12.6. The van der Waals surface area contributed by atoms with E-state index in [9.17, 15) is 9.59 Å². The predicted molar refractivity (Wildman–Crippen MR) is 90.7 cm³/mol. The van der Waals surface area contributed by atoms with Crippen molar-refractivity contribution < 1.29 is 9.59 Å². The highest BCUT2D eigenvalue weighted by molar-refractivity contribution is 7.15. The van der Waals surface area contributed by atoms with Crippen LogP contribution < -0.4 is 5.32 Å². The quantitative estimate of drug-likeness (QED) is 0.926. The Morgan fingerprint density at radius 1 is 1.39 bits per heavy atom. The number of amides is 2. The number of benzene rings is 1. The number of nitrogens with one attached hydrogen (secondary N) is 1. The van der Waals surface area contributed by atoms with Crippen LogP contribution in [0.4, 0.5) is 5.13 Å². The summed E-state index contributed by atoms with van der Waals surface area (Å²) in [6.45, 7) is 2.63. The molecule has 2 heterocycles. The molecule has 0 unspecified atom stereocenters. The Labute approximate surface area is 143 Å². The van der Waals surface area contributed by atoms with Crippen molar-refractivity contribution in [3.63, 3.8) is 0 Å². The first kappa shape index (κ1) is 16.0. The molecule has 0 fully saturated rings. The molecule has 0 aliphatic carbocycles. The number of carbonyl (C=O) groups is 2. The van der Waals surface area contributed by atoms with E-state index in [0.717, 1.165) is 16.1 Å². The minimum Gasteiger partial charge on any atom is -0.337 e. The maximum atomic E-state index is 12.5. The fourth-order valence-electron chi connectivity index (χ4n) is 2.53. The van der Waals surface area contributed by atoms with E-state index in [0.29, 0.717) is 36.1 Å². The van der Waals surface area contributed by atoms with Crippen molar-refractivity contribution in [2.45, 2.75) is 26.3 Å². The molecular formula is C16H16ClN3O2S. The Bertz CT molecular complexity index is 760. The van der Waals surface area contributed by atoms with E-state index in [1.54, 1.807) is 6.07 Å². The topological polar surface area (TPSA) is 62.3 Å². The lowest BCUT2D eigenvalue weighted by Gasteiger charge is -2.26. The molecule has 1 aliphatic heterocycles. The van der Waals surface area contributed by atoms with Gasteiger partial charge in [0.25, 0.3) is 0 Å². The van der Waals surface area contributed by atoms with Crippen LogP contribution in [0.2, 0.25) is 5.02 Å². The monoisotopic (exact) mass is 349 g/mol. The van der Waals surface area contributed by atoms with Gasteiger partial charge in [0.2, 0.25) is 11.8 Å². The summed E-state index contributed by atoms with van der Waals surface area (Å²) in [5.74, 6) is -0.0824. The van der Waals surface area contributed by atoms with Crippen LogP contribution in [0.5, 0.6) is 0 Å². The summed E-state index contributed by atoms with van der Waals surface area (Å²) in [6, 6.07) is 7.40. The highest BCUT2D eigenvalue weighted by Gasteiger charge is 2.24. The Hall–Kier alpha value is -1.92. The smallest absolute Gasteiger partial charge is 0.227 e. The second-order valence-corrected chi connectivity index (χ2v) is 6.89. The first-order valence-electron chi connectivity index (χ1n) is 7.30. The molecular weight excluding hydrogens is 334 g/mol. The Balaban J connectivity index is 1.69. The fraction of sp³-hybridized carbons (Fsp3) is 0.312. The molecule has 1 N–H and O–H groups in total. The van der Waals surface area contributed by atoms with Crippen molar-refractivity contribution in [3.8, 4) is 0 Å². The molecule has 0 saturated carbocycles. The van der Waals surface area contributed by atoms with Gasteiger partial charge in [-0.2, -0.15) is 0 Å². The third-order valence-corrected chi connectivity index (χ3v) is 5.03. The zero-order valence-corrected chi connectivity index (χ0v) is 14.2. The molecule has 0 radical (unpaired) electrons. The van der Waals surface area contributed by atoms with E-state index in [4.69, 9.17) is 11.6 Å². The lowest BCUT2D eigenvalue weighted by atomic mass is 10.1. The highest BCUT2D eigenvalue weighted by atomic mass is 35.5. The van der Waals surface area contributed by atoms with Crippen LogP contribution in [0.25, 0.3) is 0 Å². The lowest BCUT2D eigenvalue weighted by Crippen LogP contribution is -2.36. The molecule has 3 rings (SSSR count). The van der Waals surface area contributed by atoms with Gasteiger partial charge < -0.3 is 10.2 Å². The molecule has 1 aromatic heterocycles. The van der Waals surface area contributed by atoms with Gasteiger partial charge >= 0.3 is 0 Å². The maximum Gasteiger partial charge on any atom is 0.227 e. The van der Waals surface area contributed by atoms with Crippen LogP contribution in [-0.2, 0) is 29.0 Å². The number of fused-ring (bicyclic) bond motifs is 1. The highest BCUT2D eigenvalue weighted by Crippen LogP contribution is 2.29. The fourth-order valence-corrected chi connectivity index (χ4v) is 3.80. The molecule has 1 aromatic carbocycles. The number of rotatable bonds is 3. The second kappa shape index (κ2) is 6.68. The summed E-state index contributed by atoms with van der Waals surface area (Å²) in [4.78, 5) is 30.9. The SMILES string of the molecule is CC(=O)Nc1nc2c(s1)CN(C(=O)Cc1ccccc1Cl)CC2. The van der Waals surface area contributed by atoms with Gasteiger partial charge in [0.1, 0.15) is 0 Å². The van der Waals surface area contributed by atoms with Crippen LogP contribution in [0.15, 0.2) is 24.3 Å². The van der Waals surface area contributed by atoms with Crippen molar-refractivity contribution >= 4 is 39.9 Å². The van der Waals surface area contributed by atoms with E-state index in [1.807, 2.05) is 23.1 Å². The summed E-state index contributed by atoms with van der Waals surface area (Å²) in [6.07, 6.45) is 1.01. The predicted octanol–water partition coefficient (Wildman–Crippen LogP) is 2.88. The third kappa shape index (κ3) is 3.71. The van der Waals surface area contributed by atoms with E-state index >= 15 is 0 Å². The number of aromatic nitrogens is 1. The van der Waals surface area contributed by atoms with Crippen LogP contribution in [-0.4, -0.2) is 28.2 Å². The van der Waals surface area contributed by atoms with Crippen LogP contribution in [0.1, 0.15) is 23.1 Å². The molecule has 0 bridgehead atoms. The van der Waals surface area contributed by atoms with Crippen LogP contribution in [0.3, 0.4) is 0 Å². The van der Waals surface area contributed by atoms with E-state index < -0.39 is 0 Å². The van der Waals surface area contributed by atoms with Gasteiger partial charge in [0.15, 0.2) is 5.13 Å². The minimum atomic E-state index is -0.136. The number of hydrogen-bond acceptors (Lipinski definition) is 4. The summed E-state index contributed by atoms with van der Waals surface area (Å²) >= 11 is 7.55. The average Bonchev–Trinajstić information content (AvgIpc) is 2.89. The molecule has 7 heteroatoms. The van der Waals surface area contributed by atoms with E-state index in [2.05, 4.69) is 10.3 Å². The molecule has 120 valence electrons. The average molecular weight is 350 g/mol. The first-order valence-corrected chi connectivity index (χ1v) is 8.49. The summed E-state index contributed by atoms with van der Waals surface area (Å²) in [5, 5.41) is 3.92. The molecule has 0 saturated heterocycles. The van der Waals surface area contributed by atoms with Gasteiger partial charge in [0.05, 0.1) is 18.7 Å². The van der Waals surface area contributed by atoms with Gasteiger partial charge in [-0.25, -0.2) is 4.98 Å². The first-order chi connectivity index (χ1) is 11.0. The van der Waals surface area contributed by atoms with Crippen molar-refractivity contribution in [1.82, 2.24) is 9.88 Å². The normalized spacial score (nSPS) is 13.6. The van der Waals surface area contributed by atoms with Gasteiger partial charge in [0, 0.05) is 29.8 Å². The number of carbonyl (C=O) groups excluding carboxylic acids is 2.